The van der Waals surface area contributed by atoms with Crippen molar-refractivity contribution in [1.29, 1.82) is 0 Å². The molecule has 0 radical (unpaired) electrons. The number of nitrogens with two attached hydrogens (primary N) is 1. The number of ketones is 1. The van der Waals surface area contributed by atoms with Gasteiger partial charge in [0.2, 0.25) is 5.91 Å². The summed E-state index contributed by atoms with van der Waals surface area (Å²) in [4.78, 5) is 35.8. The van der Waals surface area contributed by atoms with E-state index < -0.39 is 5.97 Å². The second kappa shape index (κ2) is 22.4. The summed E-state index contributed by atoms with van der Waals surface area (Å²) >= 11 is 0. The highest BCUT2D eigenvalue weighted by atomic mass is 16.6. The molecule has 0 unspecified atom stereocenters. The van der Waals surface area contributed by atoms with Gasteiger partial charge in [-0.2, -0.15) is 0 Å². The molecule has 0 aromatic heterocycles. The molecule has 0 heterocycles. The van der Waals surface area contributed by atoms with E-state index in [-0.39, 0.29) is 24.9 Å². The fourth-order valence-electron chi connectivity index (χ4n) is 3.35. The van der Waals surface area contributed by atoms with Gasteiger partial charge in [-0.25, -0.2) is 4.79 Å². The minimum absolute atomic E-state index is 0.0575. The summed E-state index contributed by atoms with van der Waals surface area (Å²) in [6.07, 6.45) is 1.20. The molecule has 1 amide bonds. The average molecular weight is 575 g/mol. The molecule has 0 aliphatic rings. The maximum Gasteiger partial charge on any atom is 0.338 e. The molecule has 0 aliphatic carbocycles. The number of hydrogen-bond donors (Lipinski definition) is 2. The molecule has 0 bridgehead atoms. The molecule has 11 heteroatoms. The van der Waals surface area contributed by atoms with E-state index in [4.69, 9.17) is 34.2 Å². The molecule has 11 nitrogen and oxygen atoms in total. The van der Waals surface area contributed by atoms with Crippen LogP contribution in [0.4, 0.5) is 0 Å². The molecule has 2 aromatic rings. The lowest BCUT2D eigenvalue weighted by atomic mass is 10.2. The lowest BCUT2D eigenvalue weighted by Gasteiger charge is -2.09. The molecule has 0 fully saturated rings. The van der Waals surface area contributed by atoms with Crippen molar-refractivity contribution in [3.05, 3.63) is 65.7 Å². The van der Waals surface area contributed by atoms with Crippen LogP contribution >= 0.6 is 0 Å². The zero-order valence-corrected chi connectivity index (χ0v) is 23.6. The van der Waals surface area contributed by atoms with Gasteiger partial charge in [0.25, 0.3) is 0 Å². The third-order valence-corrected chi connectivity index (χ3v) is 5.48. The number of rotatable bonds is 24. The molecule has 226 valence electrons. The first kappa shape index (κ1) is 33.9. The molecule has 0 saturated heterocycles. The molecule has 0 saturated carbocycles. The van der Waals surface area contributed by atoms with Crippen LogP contribution in [0.3, 0.4) is 0 Å². The number of amides is 1. The van der Waals surface area contributed by atoms with Crippen molar-refractivity contribution in [2.24, 2.45) is 5.73 Å². The Morgan fingerprint density at radius 1 is 0.732 bits per heavy atom. The number of carbonyl (C=O) groups is 3. The van der Waals surface area contributed by atoms with E-state index >= 15 is 0 Å². The van der Waals surface area contributed by atoms with Crippen molar-refractivity contribution in [3.63, 3.8) is 0 Å². The van der Waals surface area contributed by atoms with Crippen LogP contribution in [-0.4, -0.2) is 90.2 Å². The number of esters is 1. The second-order valence-corrected chi connectivity index (χ2v) is 8.86. The van der Waals surface area contributed by atoms with Gasteiger partial charge in [0.1, 0.15) is 19.0 Å². The van der Waals surface area contributed by atoms with Gasteiger partial charge >= 0.3 is 5.97 Å². The molecule has 2 rings (SSSR count). The fraction of sp³-hybridized carbons (Fsp3) is 0.500. The van der Waals surface area contributed by atoms with E-state index in [1.807, 2.05) is 30.3 Å². The minimum Gasteiger partial charge on any atom is -0.486 e. The average Bonchev–Trinajstić information content (AvgIpc) is 3.00. The van der Waals surface area contributed by atoms with E-state index in [1.165, 1.54) is 0 Å². The van der Waals surface area contributed by atoms with Crippen molar-refractivity contribution >= 4 is 17.7 Å². The summed E-state index contributed by atoms with van der Waals surface area (Å²) in [5.41, 5.74) is 6.57. The minimum atomic E-state index is -0.456. The predicted molar refractivity (Wildman–Crippen MR) is 152 cm³/mol. The van der Waals surface area contributed by atoms with Gasteiger partial charge in [0, 0.05) is 32.5 Å². The van der Waals surface area contributed by atoms with Gasteiger partial charge < -0.3 is 39.5 Å². The Labute approximate surface area is 241 Å². The summed E-state index contributed by atoms with van der Waals surface area (Å²) in [6.45, 7) is 4.33. The Morgan fingerprint density at radius 3 is 2.07 bits per heavy atom. The molecule has 41 heavy (non-hydrogen) atoms. The van der Waals surface area contributed by atoms with Crippen LogP contribution in [-0.2, 0) is 39.9 Å². The zero-order chi connectivity index (χ0) is 29.4. The Kier molecular flexibility index (Phi) is 18.5. The van der Waals surface area contributed by atoms with E-state index in [1.54, 1.807) is 24.3 Å². The lowest BCUT2D eigenvalue weighted by Crippen LogP contribution is -2.29. The second-order valence-electron chi connectivity index (χ2n) is 8.86. The van der Waals surface area contributed by atoms with Crippen LogP contribution in [0, 0.1) is 0 Å². The summed E-state index contributed by atoms with van der Waals surface area (Å²) in [5, 5.41) is 2.67. The fourth-order valence-corrected chi connectivity index (χ4v) is 3.35. The van der Waals surface area contributed by atoms with Crippen LogP contribution < -0.4 is 15.8 Å². The van der Waals surface area contributed by atoms with Crippen molar-refractivity contribution in [2.75, 3.05) is 72.6 Å². The largest absolute Gasteiger partial charge is 0.486 e. The van der Waals surface area contributed by atoms with Crippen LogP contribution in [0.25, 0.3) is 0 Å². The van der Waals surface area contributed by atoms with Gasteiger partial charge in [-0.1, -0.05) is 36.4 Å². The van der Waals surface area contributed by atoms with Crippen molar-refractivity contribution in [2.45, 2.75) is 25.9 Å². The summed E-state index contributed by atoms with van der Waals surface area (Å²) in [5.74, 6) is -0.160. The lowest BCUT2D eigenvalue weighted by molar-refractivity contribution is -0.122. The van der Waals surface area contributed by atoms with Gasteiger partial charge in [0.05, 0.1) is 51.8 Å². The Hall–Kier alpha value is -3.35. The summed E-state index contributed by atoms with van der Waals surface area (Å²) < 4.78 is 32.5. The third kappa shape index (κ3) is 17.2. The molecule has 0 atom stereocenters. The van der Waals surface area contributed by atoms with Gasteiger partial charge in [-0.05, 0) is 30.2 Å². The number of carbonyl (C=O) groups excluding carboxylic acids is 3. The summed E-state index contributed by atoms with van der Waals surface area (Å²) in [6, 6.07) is 16.0. The van der Waals surface area contributed by atoms with Crippen LogP contribution in [0.1, 0.15) is 35.2 Å². The standard InChI is InChI=1S/C30H42N2O9/c31-12-13-32-29(34)11-15-37-17-19-39-21-20-38-18-16-36-14-5-9-27(33)24-40-28-10-4-8-26(22-28)30(35)41-23-25-6-2-1-3-7-25/h1-4,6-8,10,22H,5,9,11-21,23-24,31H2,(H,32,34). The Balaban J connectivity index is 1.40. The first-order valence-electron chi connectivity index (χ1n) is 13.8. The van der Waals surface area contributed by atoms with E-state index in [9.17, 15) is 14.4 Å². The van der Waals surface area contributed by atoms with E-state index in [0.717, 1.165) is 5.56 Å². The van der Waals surface area contributed by atoms with Gasteiger partial charge in [-0.3, -0.25) is 9.59 Å². The van der Waals surface area contributed by atoms with Crippen LogP contribution in [0.5, 0.6) is 5.75 Å². The number of benzene rings is 2. The third-order valence-electron chi connectivity index (χ3n) is 5.48. The quantitative estimate of drug-likeness (QED) is 0.142. The van der Waals surface area contributed by atoms with Crippen LogP contribution in [0.15, 0.2) is 54.6 Å². The first-order chi connectivity index (χ1) is 20.1. The monoisotopic (exact) mass is 574 g/mol. The number of ether oxygens (including phenoxy) is 6. The normalized spacial score (nSPS) is 10.8. The maximum atomic E-state index is 12.3. The van der Waals surface area contributed by atoms with Crippen molar-refractivity contribution < 1.29 is 42.8 Å². The van der Waals surface area contributed by atoms with E-state index in [2.05, 4.69) is 5.32 Å². The molecular formula is C30H42N2O9. The Bertz CT molecular complexity index is 1000. The van der Waals surface area contributed by atoms with Crippen molar-refractivity contribution in [1.82, 2.24) is 5.32 Å². The number of hydrogen-bond acceptors (Lipinski definition) is 10. The van der Waals surface area contributed by atoms with Crippen molar-refractivity contribution in [3.8, 4) is 5.75 Å². The molecule has 3 N–H and O–H groups in total. The topological polar surface area (TPSA) is 145 Å². The number of nitrogens with one attached hydrogen (secondary N) is 1. The molecule has 0 spiro atoms. The predicted octanol–water partition coefficient (Wildman–Crippen LogP) is 2.30. The summed E-state index contributed by atoms with van der Waals surface area (Å²) in [7, 11) is 0. The van der Waals surface area contributed by atoms with Gasteiger partial charge in [0.15, 0.2) is 5.78 Å². The first-order valence-corrected chi connectivity index (χ1v) is 13.8. The van der Waals surface area contributed by atoms with Gasteiger partial charge in [-0.15, -0.1) is 0 Å². The highest BCUT2D eigenvalue weighted by Crippen LogP contribution is 2.15. The molecule has 2 aromatic carbocycles. The SMILES string of the molecule is NCCNC(=O)CCOCCOCCOCCOCCCC(=O)COc1cccc(C(=O)OCc2ccccc2)c1. The highest BCUT2D eigenvalue weighted by molar-refractivity contribution is 5.89. The molecular weight excluding hydrogens is 532 g/mol. The molecule has 0 aliphatic heterocycles. The maximum absolute atomic E-state index is 12.3. The highest BCUT2D eigenvalue weighted by Gasteiger charge is 2.10. The van der Waals surface area contributed by atoms with E-state index in [0.29, 0.717) is 96.5 Å². The Morgan fingerprint density at radius 2 is 1.39 bits per heavy atom. The zero-order valence-electron chi connectivity index (χ0n) is 23.6. The smallest absolute Gasteiger partial charge is 0.338 e. The van der Waals surface area contributed by atoms with Crippen LogP contribution in [0.2, 0.25) is 0 Å². The number of Topliss-reactive ketones (excluding diaryl/α,β-unsaturated/α-hetero) is 1.